The molecule has 0 saturated heterocycles. The van der Waals surface area contributed by atoms with Crippen LogP contribution in [0.15, 0.2) is 53.7 Å². The van der Waals surface area contributed by atoms with Crippen LogP contribution in [0.1, 0.15) is 5.56 Å². The molecule has 114 valence electrons. The number of ether oxygens (including phenoxy) is 2. The van der Waals surface area contributed by atoms with Crippen molar-refractivity contribution in [2.75, 3.05) is 14.2 Å². The predicted octanol–water partition coefficient (Wildman–Crippen LogP) is 3.14. The lowest BCUT2D eigenvalue weighted by Gasteiger charge is -2.12. The van der Waals surface area contributed by atoms with Gasteiger partial charge in [-0.05, 0) is 24.3 Å². The zero-order chi connectivity index (χ0) is 15.9. The predicted molar refractivity (Wildman–Crippen MR) is 78.5 cm³/mol. The standard InChI is InChI=1S/C16H14FNO4/c1-20-16(19)15(18-21-2)11-7-3-5-9-13(11)22-14-10-6-4-8-12(14)17/h3-10H,1-2H3/b18-15-. The smallest absolute Gasteiger partial charge is 0.360 e. The number of nitrogens with zero attached hydrogens (tertiary/aromatic N) is 1. The number of esters is 1. The maximum absolute atomic E-state index is 13.7. The molecule has 0 radical (unpaired) electrons. The average Bonchev–Trinajstić information content (AvgIpc) is 2.55. The van der Waals surface area contributed by atoms with E-state index in [1.165, 1.54) is 26.4 Å². The van der Waals surface area contributed by atoms with Crippen LogP contribution in [0.4, 0.5) is 4.39 Å². The summed E-state index contributed by atoms with van der Waals surface area (Å²) in [7, 11) is 2.54. The van der Waals surface area contributed by atoms with E-state index < -0.39 is 11.8 Å². The molecule has 0 saturated carbocycles. The van der Waals surface area contributed by atoms with Gasteiger partial charge in [-0.3, -0.25) is 0 Å². The Morgan fingerprint density at radius 1 is 1.00 bits per heavy atom. The summed E-state index contributed by atoms with van der Waals surface area (Å²) in [5, 5.41) is 3.66. The monoisotopic (exact) mass is 303 g/mol. The first-order valence-corrected chi connectivity index (χ1v) is 6.38. The lowest BCUT2D eigenvalue weighted by molar-refractivity contribution is -0.132. The number of carbonyl (C=O) groups is 1. The number of para-hydroxylation sites is 2. The maximum atomic E-state index is 13.7. The van der Waals surface area contributed by atoms with Gasteiger partial charge in [-0.2, -0.15) is 0 Å². The van der Waals surface area contributed by atoms with Crippen LogP contribution in [0.3, 0.4) is 0 Å². The Bertz CT molecular complexity index is 700. The van der Waals surface area contributed by atoms with Crippen molar-refractivity contribution in [3.8, 4) is 11.5 Å². The molecule has 2 aromatic rings. The van der Waals surface area contributed by atoms with Gasteiger partial charge in [0.2, 0.25) is 0 Å². The van der Waals surface area contributed by atoms with Crippen molar-refractivity contribution in [1.82, 2.24) is 0 Å². The minimum absolute atomic E-state index is 0.0385. The fourth-order valence-electron chi connectivity index (χ4n) is 1.78. The van der Waals surface area contributed by atoms with Gasteiger partial charge in [0.1, 0.15) is 12.9 Å². The zero-order valence-corrected chi connectivity index (χ0v) is 12.1. The van der Waals surface area contributed by atoms with Gasteiger partial charge >= 0.3 is 5.97 Å². The number of carbonyl (C=O) groups excluding carboxylic acids is 1. The van der Waals surface area contributed by atoms with E-state index in [-0.39, 0.29) is 17.2 Å². The lowest BCUT2D eigenvalue weighted by Crippen LogP contribution is -2.18. The molecule has 0 bridgehead atoms. The molecule has 0 N–H and O–H groups in total. The first kappa shape index (κ1) is 15.5. The molecule has 2 aromatic carbocycles. The third-order valence-electron chi connectivity index (χ3n) is 2.76. The summed E-state index contributed by atoms with van der Waals surface area (Å²) in [6.45, 7) is 0. The summed E-state index contributed by atoms with van der Waals surface area (Å²) in [6.07, 6.45) is 0. The van der Waals surface area contributed by atoms with Gasteiger partial charge < -0.3 is 14.3 Å². The van der Waals surface area contributed by atoms with Crippen LogP contribution in [-0.2, 0) is 14.4 Å². The molecule has 22 heavy (non-hydrogen) atoms. The molecule has 6 heteroatoms. The van der Waals surface area contributed by atoms with Crippen molar-refractivity contribution in [2.45, 2.75) is 0 Å². The van der Waals surface area contributed by atoms with E-state index in [1.54, 1.807) is 36.4 Å². The minimum atomic E-state index is -0.688. The zero-order valence-electron chi connectivity index (χ0n) is 12.1. The number of methoxy groups -OCH3 is 1. The van der Waals surface area contributed by atoms with Gasteiger partial charge in [-0.25, -0.2) is 9.18 Å². The molecule has 0 unspecified atom stereocenters. The molecule has 0 aliphatic heterocycles. The molecule has 0 aliphatic rings. The summed E-state index contributed by atoms with van der Waals surface area (Å²) in [6, 6.07) is 12.5. The molecule has 0 heterocycles. The normalized spacial score (nSPS) is 11.0. The quantitative estimate of drug-likeness (QED) is 0.484. The number of halogens is 1. The van der Waals surface area contributed by atoms with E-state index in [1.807, 2.05) is 0 Å². The summed E-state index contributed by atoms with van der Waals surface area (Å²) < 4.78 is 23.9. The van der Waals surface area contributed by atoms with E-state index >= 15 is 0 Å². The highest BCUT2D eigenvalue weighted by Crippen LogP contribution is 2.28. The van der Waals surface area contributed by atoms with Crippen LogP contribution < -0.4 is 4.74 Å². The van der Waals surface area contributed by atoms with Crippen LogP contribution in [-0.4, -0.2) is 25.9 Å². The second kappa shape index (κ2) is 7.21. The van der Waals surface area contributed by atoms with Crippen LogP contribution in [0, 0.1) is 5.82 Å². The molecule has 5 nitrogen and oxygen atoms in total. The van der Waals surface area contributed by atoms with Crippen molar-refractivity contribution < 1.29 is 23.5 Å². The third kappa shape index (κ3) is 3.41. The van der Waals surface area contributed by atoms with Gasteiger partial charge in [-0.1, -0.05) is 29.4 Å². The minimum Gasteiger partial charge on any atom is -0.464 e. The second-order valence-corrected chi connectivity index (χ2v) is 4.14. The summed E-state index contributed by atoms with van der Waals surface area (Å²) in [4.78, 5) is 16.5. The molecule has 0 aliphatic carbocycles. The Hall–Kier alpha value is -2.89. The van der Waals surface area contributed by atoms with Gasteiger partial charge in [0.05, 0.1) is 12.7 Å². The largest absolute Gasteiger partial charge is 0.464 e. The first-order valence-electron chi connectivity index (χ1n) is 6.38. The maximum Gasteiger partial charge on any atom is 0.360 e. The number of hydrogen-bond acceptors (Lipinski definition) is 5. The Balaban J connectivity index is 2.44. The molecule has 0 amide bonds. The fourth-order valence-corrected chi connectivity index (χ4v) is 1.78. The third-order valence-corrected chi connectivity index (χ3v) is 2.76. The molecule has 0 aromatic heterocycles. The van der Waals surface area contributed by atoms with Crippen molar-refractivity contribution >= 4 is 11.7 Å². The second-order valence-electron chi connectivity index (χ2n) is 4.14. The molecule has 0 fully saturated rings. The van der Waals surface area contributed by atoms with Gasteiger partial charge in [-0.15, -0.1) is 0 Å². The average molecular weight is 303 g/mol. The van der Waals surface area contributed by atoms with Crippen molar-refractivity contribution in [3.05, 3.63) is 59.9 Å². The molecular weight excluding hydrogens is 289 g/mol. The topological polar surface area (TPSA) is 57.1 Å². The number of benzene rings is 2. The van der Waals surface area contributed by atoms with Gasteiger partial charge in [0, 0.05) is 0 Å². The number of hydrogen-bond donors (Lipinski definition) is 0. The van der Waals surface area contributed by atoms with E-state index in [0.717, 1.165) is 0 Å². The summed E-state index contributed by atoms with van der Waals surface area (Å²) in [5.41, 5.74) is 0.261. The Kier molecular flexibility index (Phi) is 5.08. The van der Waals surface area contributed by atoms with Crippen LogP contribution in [0.5, 0.6) is 11.5 Å². The van der Waals surface area contributed by atoms with Crippen LogP contribution >= 0.6 is 0 Å². The SMILES string of the molecule is CO/N=C(\C(=O)OC)c1ccccc1Oc1ccccc1F. The van der Waals surface area contributed by atoms with E-state index in [0.29, 0.717) is 5.56 Å². The van der Waals surface area contributed by atoms with Crippen molar-refractivity contribution in [2.24, 2.45) is 5.16 Å². The Labute approximate surface area is 126 Å². The highest BCUT2D eigenvalue weighted by molar-refractivity contribution is 6.43. The number of oxime groups is 1. The van der Waals surface area contributed by atoms with Crippen LogP contribution in [0.25, 0.3) is 0 Å². The van der Waals surface area contributed by atoms with Crippen LogP contribution in [0.2, 0.25) is 0 Å². The van der Waals surface area contributed by atoms with E-state index in [9.17, 15) is 9.18 Å². The summed E-state index contributed by atoms with van der Waals surface area (Å²) in [5.74, 6) is -0.905. The van der Waals surface area contributed by atoms with Gasteiger partial charge in [0.15, 0.2) is 17.3 Å². The number of rotatable bonds is 5. The van der Waals surface area contributed by atoms with E-state index in [2.05, 4.69) is 14.7 Å². The highest BCUT2D eigenvalue weighted by Gasteiger charge is 2.20. The Morgan fingerprint density at radius 2 is 1.64 bits per heavy atom. The lowest BCUT2D eigenvalue weighted by atomic mass is 10.1. The Morgan fingerprint density at radius 3 is 2.27 bits per heavy atom. The summed E-state index contributed by atoms with van der Waals surface area (Å²) >= 11 is 0. The molecule has 0 spiro atoms. The van der Waals surface area contributed by atoms with Crippen molar-refractivity contribution in [1.29, 1.82) is 0 Å². The molecular formula is C16H14FNO4. The molecule has 2 rings (SSSR count). The van der Waals surface area contributed by atoms with E-state index in [4.69, 9.17) is 4.74 Å². The molecule has 0 atom stereocenters. The van der Waals surface area contributed by atoms with Crippen molar-refractivity contribution in [3.63, 3.8) is 0 Å². The first-order chi connectivity index (χ1) is 10.7. The fraction of sp³-hybridized carbons (Fsp3) is 0.125. The highest BCUT2D eigenvalue weighted by atomic mass is 19.1. The van der Waals surface area contributed by atoms with Gasteiger partial charge in [0.25, 0.3) is 0 Å².